The van der Waals surface area contributed by atoms with E-state index in [4.69, 9.17) is 14.2 Å². The predicted molar refractivity (Wildman–Crippen MR) is 54.0 cm³/mol. The van der Waals surface area contributed by atoms with Crippen molar-refractivity contribution < 1.29 is 23.0 Å². The van der Waals surface area contributed by atoms with Gasteiger partial charge in [0, 0.05) is 11.0 Å². The number of fused-ring (bicyclic) bond motifs is 3. The summed E-state index contributed by atoms with van der Waals surface area (Å²) in [5, 5.41) is 0. The zero-order valence-corrected chi connectivity index (χ0v) is 9.33. The monoisotopic (exact) mass is 242 g/mol. The average Bonchev–Trinajstić information content (AvgIpc) is 2.34. The molecule has 0 saturated carbocycles. The van der Waals surface area contributed by atoms with Crippen molar-refractivity contribution in [2.24, 2.45) is 5.41 Å². The molecule has 0 aliphatic carbocycles. The number of hydrogen-bond donors (Lipinski definition) is 0. The lowest BCUT2D eigenvalue weighted by Gasteiger charge is -2.50. The highest BCUT2D eigenvalue weighted by Gasteiger charge is 2.51. The highest BCUT2D eigenvalue weighted by atomic mass is 19.2. The Morgan fingerprint density at radius 3 is 2.12 bits per heavy atom. The first kappa shape index (κ1) is 11.1. The summed E-state index contributed by atoms with van der Waals surface area (Å²) in [5.41, 5.74) is 0.193. The Kier molecular flexibility index (Phi) is 2.26. The van der Waals surface area contributed by atoms with Gasteiger partial charge < -0.3 is 14.2 Å². The first-order valence-electron chi connectivity index (χ1n) is 5.41. The van der Waals surface area contributed by atoms with Gasteiger partial charge in [-0.05, 0) is 18.2 Å². The smallest absolute Gasteiger partial charge is 0.312 e. The summed E-state index contributed by atoms with van der Waals surface area (Å²) in [6.07, 6.45) is 0. The van der Waals surface area contributed by atoms with Crippen molar-refractivity contribution in [3.63, 3.8) is 0 Å². The van der Waals surface area contributed by atoms with Gasteiger partial charge in [0.2, 0.25) is 0 Å². The fraction of sp³-hybridized carbons (Fsp3) is 0.500. The quantitative estimate of drug-likeness (QED) is 0.755. The van der Waals surface area contributed by atoms with Crippen LogP contribution in [0.1, 0.15) is 12.5 Å². The molecule has 0 unspecified atom stereocenters. The van der Waals surface area contributed by atoms with Crippen LogP contribution in [0.5, 0.6) is 0 Å². The van der Waals surface area contributed by atoms with Crippen molar-refractivity contribution in [2.45, 2.75) is 12.9 Å². The van der Waals surface area contributed by atoms with Gasteiger partial charge in [0.05, 0.1) is 19.8 Å². The molecule has 0 atom stereocenters. The molecule has 0 amide bonds. The van der Waals surface area contributed by atoms with Gasteiger partial charge in [0.1, 0.15) is 0 Å². The van der Waals surface area contributed by atoms with E-state index in [1.807, 2.05) is 6.92 Å². The van der Waals surface area contributed by atoms with E-state index >= 15 is 0 Å². The minimum Gasteiger partial charge on any atom is -0.323 e. The summed E-state index contributed by atoms with van der Waals surface area (Å²) < 4.78 is 42.6. The molecule has 3 aliphatic rings. The Balaban J connectivity index is 1.96. The van der Waals surface area contributed by atoms with Crippen LogP contribution >= 0.6 is 0 Å². The average molecular weight is 242 g/mol. The molecule has 3 heterocycles. The molecule has 0 radical (unpaired) electrons. The van der Waals surface area contributed by atoms with Crippen LogP contribution < -0.4 is 0 Å². The Morgan fingerprint density at radius 2 is 1.59 bits per heavy atom. The van der Waals surface area contributed by atoms with Gasteiger partial charge in [-0.2, -0.15) is 0 Å². The van der Waals surface area contributed by atoms with E-state index in [1.54, 1.807) is 0 Å². The van der Waals surface area contributed by atoms with Crippen molar-refractivity contribution in [2.75, 3.05) is 19.8 Å². The number of halogens is 2. The van der Waals surface area contributed by atoms with Gasteiger partial charge in [-0.25, -0.2) is 8.78 Å². The fourth-order valence-corrected chi connectivity index (χ4v) is 1.99. The molecule has 0 spiro atoms. The van der Waals surface area contributed by atoms with E-state index in [0.717, 1.165) is 12.1 Å². The fourth-order valence-electron chi connectivity index (χ4n) is 1.99. The van der Waals surface area contributed by atoms with E-state index in [-0.39, 0.29) is 5.41 Å². The molecule has 5 heteroatoms. The Hall–Kier alpha value is -1.04. The Labute approximate surface area is 97.3 Å². The lowest BCUT2D eigenvalue weighted by atomic mass is 9.91. The van der Waals surface area contributed by atoms with Crippen LogP contribution in [-0.4, -0.2) is 19.8 Å². The molecule has 3 aliphatic heterocycles. The van der Waals surface area contributed by atoms with E-state index < -0.39 is 17.6 Å². The normalized spacial score (nSPS) is 36.2. The molecule has 2 bridgehead atoms. The van der Waals surface area contributed by atoms with Gasteiger partial charge in [0.15, 0.2) is 11.6 Å². The molecule has 3 saturated heterocycles. The van der Waals surface area contributed by atoms with Crippen LogP contribution in [0.4, 0.5) is 8.78 Å². The van der Waals surface area contributed by atoms with E-state index in [0.29, 0.717) is 25.4 Å². The minimum absolute atomic E-state index is 0.152. The van der Waals surface area contributed by atoms with Crippen LogP contribution in [0.25, 0.3) is 0 Å². The molecule has 0 aromatic heterocycles. The summed E-state index contributed by atoms with van der Waals surface area (Å²) in [6, 6.07) is 3.49. The summed E-state index contributed by atoms with van der Waals surface area (Å²) in [7, 11) is 0. The molecule has 92 valence electrons. The van der Waals surface area contributed by atoms with Crippen molar-refractivity contribution in [3.8, 4) is 0 Å². The van der Waals surface area contributed by atoms with Gasteiger partial charge in [-0.1, -0.05) is 6.92 Å². The molecule has 1 aromatic carbocycles. The standard InChI is InChI=1S/C12H12F2O3/c1-11-5-15-12(16-6-11,17-7-11)8-2-3-9(13)10(14)4-8/h2-4H,5-7H2,1H3. The van der Waals surface area contributed by atoms with E-state index in [2.05, 4.69) is 0 Å². The second kappa shape index (κ2) is 3.48. The first-order chi connectivity index (χ1) is 8.03. The number of hydrogen-bond acceptors (Lipinski definition) is 3. The highest BCUT2D eigenvalue weighted by Crippen LogP contribution is 2.43. The van der Waals surface area contributed by atoms with Crippen LogP contribution in [0.3, 0.4) is 0 Å². The third-order valence-corrected chi connectivity index (χ3v) is 3.11. The topological polar surface area (TPSA) is 27.7 Å². The van der Waals surface area contributed by atoms with Gasteiger partial charge in [-0.3, -0.25) is 0 Å². The molecule has 1 aromatic rings. The van der Waals surface area contributed by atoms with Crippen LogP contribution in [-0.2, 0) is 20.2 Å². The Bertz CT molecular complexity index is 437. The van der Waals surface area contributed by atoms with Crippen molar-refractivity contribution >= 4 is 0 Å². The summed E-state index contributed by atoms with van der Waals surface area (Å²) >= 11 is 0. The van der Waals surface area contributed by atoms with Crippen LogP contribution in [0.2, 0.25) is 0 Å². The number of benzene rings is 1. The molecular weight excluding hydrogens is 230 g/mol. The van der Waals surface area contributed by atoms with Crippen LogP contribution in [0.15, 0.2) is 18.2 Å². The van der Waals surface area contributed by atoms with Gasteiger partial charge in [0.25, 0.3) is 0 Å². The zero-order valence-electron chi connectivity index (χ0n) is 9.33. The summed E-state index contributed by atoms with van der Waals surface area (Å²) in [5.74, 6) is -3.21. The van der Waals surface area contributed by atoms with Crippen LogP contribution in [0, 0.1) is 17.0 Å². The minimum atomic E-state index is -1.37. The molecule has 0 N–H and O–H groups in total. The summed E-state index contributed by atoms with van der Waals surface area (Å²) in [6.45, 7) is 3.42. The summed E-state index contributed by atoms with van der Waals surface area (Å²) in [4.78, 5) is 0. The van der Waals surface area contributed by atoms with E-state index in [9.17, 15) is 8.78 Å². The van der Waals surface area contributed by atoms with Crippen molar-refractivity contribution in [1.82, 2.24) is 0 Å². The van der Waals surface area contributed by atoms with Gasteiger partial charge >= 0.3 is 5.97 Å². The number of ether oxygens (including phenoxy) is 3. The Morgan fingerprint density at radius 1 is 1.00 bits per heavy atom. The maximum Gasteiger partial charge on any atom is 0.312 e. The third kappa shape index (κ3) is 1.66. The molecule has 17 heavy (non-hydrogen) atoms. The zero-order chi connectivity index (χ0) is 12.1. The maximum absolute atomic E-state index is 13.2. The molecular formula is C12H12F2O3. The van der Waals surface area contributed by atoms with Crippen molar-refractivity contribution in [3.05, 3.63) is 35.4 Å². The third-order valence-electron chi connectivity index (χ3n) is 3.11. The lowest BCUT2D eigenvalue weighted by molar-refractivity contribution is -0.477. The predicted octanol–water partition coefficient (Wildman–Crippen LogP) is 2.16. The molecule has 3 nitrogen and oxygen atoms in total. The maximum atomic E-state index is 13.2. The second-order valence-electron chi connectivity index (χ2n) is 4.86. The SMILES string of the molecule is CC12COC(c3ccc(F)c(F)c3)(OC1)OC2. The first-order valence-corrected chi connectivity index (χ1v) is 5.41. The molecule has 4 rings (SSSR count). The molecule has 3 fully saturated rings. The highest BCUT2D eigenvalue weighted by molar-refractivity contribution is 5.22. The largest absolute Gasteiger partial charge is 0.323 e. The van der Waals surface area contributed by atoms with Gasteiger partial charge in [-0.15, -0.1) is 0 Å². The lowest BCUT2D eigenvalue weighted by Crippen LogP contribution is -2.57. The number of rotatable bonds is 1. The second-order valence-corrected chi connectivity index (χ2v) is 4.86. The van der Waals surface area contributed by atoms with E-state index in [1.165, 1.54) is 6.07 Å². The van der Waals surface area contributed by atoms with Crippen molar-refractivity contribution in [1.29, 1.82) is 0 Å².